The lowest BCUT2D eigenvalue weighted by atomic mass is 10.1. The van der Waals surface area contributed by atoms with E-state index < -0.39 is 24.0 Å². The van der Waals surface area contributed by atoms with Crippen LogP contribution in [0, 0.1) is 5.82 Å². The van der Waals surface area contributed by atoms with Gasteiger partial charge >= 0.3 is 12.1 Å². The first-order valence-electron chi connectivity index (χ1n) is 9.63. The Bertz CT molecular complexity index is 1100. The Labute approximate surface area is 192 Å². The Kier molecular flexibility index (Phi) is 7.42. The standard InChI is InChI=1S/C23H20BrFN2O5/c1-14(28)26-12-19-13-27(23(31)32-19)18-8-7-17(21(25)11-18)10-20(24)16-5-2-15(3-6-16)4-9-22(29)30/h2-11,19H,12-13H2,1H3,(H,26,28)(H,29,30)/t19-/m0/s1. The molecule has 9 heteroatoms. The van der Waals surface area contributed by atoms with Crippen molar-refractivity contribution >= 4 is 56.2 Å². The van der Waals surface area contributed by atoms with Gasteiger partial charge in [0.2, 0.25) is 5.91 Å². The molecule has 0 unspecified atom stereocenters. The molecule has 0 aliphatic carbocycles. The Morgan fingerprint density at radius 1 is 1.28 bits per heavy atom. The minimum Gasteiger partial charge on any atom is -0.478 e. The molecule has 0 saturated carbocycles. The van der Waals surface area contributed by atoms with Crippen LogP contribution in [0.5, 0.6) is 0 Å². The lowest BCUT2D eigenvalue weighted by Gasteiger charge is -2.14. The van der Waals surface area contributed by atoms with Gasteiger partial charge < -0.3 is 15.2 Å². The molecule has 1 heterocycles. The van der Waals surface area contributed by atoms with Crippen molar-refractivity contribution in [3.8, 4) is 0 Å². The highest BCUT2D eigenvalue weighted by Crippen LogP contribution is 2.29. The third-order valence-corrected chi connectivity index (χ3v) is 5.32. The van der Waals surface area contributed by atoms with Gasteiger partial charge in [-0.2, -0.15) is 0 Å². The average Bonchev–Trinajstić information content (AvgIpc) is 3.13. The Hall–Kier alpha value is -3.46. The van der Waals surface area contributed by atoms with Crippen molar-refractivity contribution in [2.24, 2.45) is 0 Å². The molecule has 2 aromatic rings. The summed E-state index contributed by atoms with van der Waals surface area (Å²) in [5, 5.41) is 11.3. The Morgan fingerprint density at radius 2 is 2.00 bits per heavy atom. The molecule has 2 N–H and O–H groups in total. The van der Waals surface area contributed by atoms with Gasteiger partial charge in [0.1, 0.15) is 11.9 Å². The fourth-order valence-electron chi connectivity index (χ4n) is 3.04. The summed E-state index contributed by atoms with van der Waals surface area (Å²) < 4.78 is 20.6. The number of rotatable bonds is 7. The van der Waals surface area contributed by atoms with E-state index in [-0.39, 0.29) is 19.0 Å². The monoisotopic (exact) mass is 502 g/mol. The van der Waals surface area contributed by atoms with E-state index in [4.69, 9.17) is 9.84 Å². The number of carboxylic acid groups (broad SMARTS) is 1. The van der Waals surface area contributed by atoms with E-state index in [0.717, 1.165) is 17.2 Å². The van der Waals surface area contributed by atoms with Crippen LogP contribution in [-0.4, -0.2) is 42.3 Å². The van der Waals surface area contributed by atoms with Crippen LogP contribution in [0.2, 0.25) is 0 Å². The summed E-state index contributed by atoms with van der Waals surface area (Å²) in [4.78, 5) is 35.1. The predicted molar refractivity (Wildman–Crippen MR) is 123 cm³/mol. The van der Waals surface area contributed by atoms with Crippen LogP contribution in [0.25, 0.3) is 16.6 Å². The fraction of sp³-hybridized carbons (Fsp3) is 0.174. The van der Waals surface area contributed by atoms with Crippen LogP contribution >= 0.6 is 15.9 Å². The molecule has 1 fully saturated rings. The lowest BCUT2D eigenvalue weighted by molar-refractivity contribution is -0.131. The Balaban J connectivity index is 1.72. The number of aliphatic carboxylic acids is 1. The van der Waals surface area contributed by atoms with E-state index in [1.807, 2.05) is 0 Å². The van der Waals surface area contributed by atoms with Gasteiger partial charge in [-0.15, -0.1) is 0 Å². The lowest BCUT2D eigenvalue weighted by Crippen LogP contribution is -2.33. The van der Waals surface area contributed by atoms with Crippen LogP contribution in [-0.2, 0) is 14.3 Å². The first kappa shape index (κ1) is 23.2. The minimum absolute atomic E-state index is 0.193. The molecular formula is C23H20BrFN2O5. The first-order valence-corrected chi connectivity index (χ1v) is 10.4. The minimum atomic E-state index is -1.03. The van der Waals surface area contributed by atoms with Crippen molar-refractivity contribution in [3.63, 3.8) is 0 Å². The van der Waals surface area contributed by atoms with E-state index >= 15 is 0 Å². The number of carbonyl (C=O) groups is 3. The van der Waals surface area contributed by atoms with E-state index in [2.05, 4.69) is 21.2 Å². The van der Waals surface area contributed by atoms with Gasteiger partial charge in [-0.3, -0.25) is 9.69 Å². The summed E-state index contributed by atoms with van der Waals surface area (Å²) in [6, 6.07) is 11.5. The van der Waals surface area contributed by atoms with Gasteiger partial charge in [0.05, 0.1) is 18.8 Å². The second-order valence-electron chi connectivity index (χ2n) is 7.05. The molecule has 2 aromatic carbocycles. The maximum atomic E-state index is 14.7. The van der Waals surface area contributed by atoms with Crippen LogP contribution in [0.3, 0.4) is 0 Å². The second-order valence-corrected chi connectivity index (χ2v) is 7.90. The highest BCUT2D eigenvalue weighted by molar-refractivity contribution is 9.15. The quantitative estimate of drug-likeness (QED) is 0.435. The molecule has 3 rings (SSSR count). The normalized spacial score (nSPS) is 16.3. The van der Waals surface area contributed by atoms with Crippen LogP contribution in [0.1, 0.15) is 23.6 Å². The maximum Gasteiger partial charge on any atom is 0.414 e. The number of amides is 2. The second kappa shape index (κ2) is 10.2. The zero-order valence-corrected chi connectivity index (χ0v) is 18.6. The Morgan fingerprint density at radius 3 is 2.62 bits per heavy atom. The third-order valence-electron chi connectivity index (χ3n) is 4.64. The summed E-state index contributed by atoms with van der Waals surface area (Å²) in [5.41, 5.74) is 2.18. The molecule has 1 aliphatic heterocycles. The largest absolute Gasteiger partial charge is 0.478 e. The molecule has 0 spiro atoms. The summed E-state index contributed by atoms with van der Waals surface area (Å²) in [7, 11) is 0. The maximum absolute atomic E-state index is 14.7. The topological polar surface area (TPSA) is 95.9 Å². The van der Waals surface area contributed by atoms with E-state index in [9.17, 15) is 18.8 Å². The van der Waals surface area contributed by atoms with Gasteiger partial charge in [-0.25, -0.2) is 14.0 Å². The smallest absolute Gasteiger partial charge is 0.414 e. The number of carbonyl (C=O) groups excluding carboxylic acids is 2. The number of halogens is 2. The number of ether oxygens (including phenoxy) is 1. The predicted octanol–water partition coefficient (Wildman–Crippen LogP) is 4.28. The summed E-state index contributed by atoms with van der Waals surface area (Å²) in [6.07, 6.45) is 3.04. The van der Waals surface area contributed by atoms with Crippen molar-refractivity contribution < 1.29 is 28.6 Å². The number of benzene rings is 2. The number of carboxylic acids is 1. The first-order chi connectivity index (χ1) is 15.2. The van der Waals surface area contributed by atoms with Gasteiger partial charge in [0, 0.05) is 23.0 Å². The fourth-order valence-corrected chi connectivity index (χ4v) is 3.55. The number of nitrogens with zero attached hydrogens (tertiary/aromatic N) is 1. The summed E-state index contributed by atoms with van der Waals surface area (Å²) in [5.74, 6) is -1.77. The molecule has 32 heavy (non-hydrogen) atoms. The highest BCUT2D eigenvalue weighted by Gasteiger charge is 2.32. The molecule has 1 atom stereocenters. The number of hydrogen-bond acceptors (Lipinski definition) is 4. The van der Waals surface area contributed by atoms with Crippen molar-refractivity contribution in [1.29, 1.82) is 0 Å². The van der Waals surface area contributed by atoms with Crippen LogP contribution in [0.15, 0.2) is 48.5 Å². The van der Waals surface area contributed by atoms with Crippen LogP contribution in [0.4, 0.5) is 14.9 Å². The van der Waals surface area contributed by atoms with Gasteiger partial charge in [0.25, 0.3) is 0 Å². The van der Waals surface area contributed by atoms with Crippen molar-refractivity contribution in [2.75, 3.05) is 18.0 Å². The number of anilines is 1. The van der Waals surface area contributed by atoms with Crippen molar-refractivity contribution in [3.05, 3.63) is 71.0 Å². The molecule has 0 bridgehead atoms. The third kappa shape index (κ3) is 6.04. The summed E-state index contributed by atoms with van der Waals surface area (Å²) >= 11 is 3.44. The molecule has 1 saturated heterocycles. The number of cyclic esters (lactones) is 1. The molecule has 0 radical (unpaired) electrons. The molecule has 1 aliphatic rings. The van der Waals surface area contributed by atoms with E-state index in [1.54, 1.807) is 42.5 Å². The molecule has 2 amide bonds. The SMILES string of the molecule is CC(=O)NC[C@H]1CN(c2ccc(C=C(Br)c3ccc(C=CC(=O)O)cc3)c(F)c2)C(=O)O1. The zero-order valence-electron chi connectivity index (χ0n) is 17.0. The average molecular weight is 503 g/mol. The number of hydrogen-bond donors (Lipinski definition) is 2. The zero-order chi connectivity index (χ0) is 23.3. The van der Waals surface area contributed by atoms with E-state index in [1.165, 1.54) is 24.0 Å². The van der Waals surface area contributed by atoms with Gasteiger partial charge in [-0.05, 0) is 41.5 Å². The van der Waals surface area contributed by atoms with Crippen molar-refractivity contribution in [2.45, 2.75) is 13.0 Å². The number of nitrogens with one attached hydrogen (secondary N) is 1. The summed E-state index contributed by atoms with van der Waals surface area (Å²) in [6.45, 7) is 1.78. The van der Waals surface area contributed by atoms with E-state index in [0.29, 0.717) is 15.7 Å². The molecule has 166 valence electrons. The van der Waals surface area contributed by atoms with Gasteiger partial charge in [-0.1, -0.05) is 40.2 Å². The highest BCUT2D eigenvalue weighted by atomic mass is 79.9. The molecular weight excluding hydrogens is 483 g/mol. The van der Waals surface area contributed by atoms with Gasteiger partial charge in [0.15, 0.2) is 0 Å². The van der Waals surface area contributed by atoms with Crippen molar-refractivity contribution in [1.82, 2.24) is 5.32 Å². The van der Waals surface area contributed by atoms with Crippen LogP contribution < -0.4 is 10.2 Å². The molecule has 0 aromatic heterocycles. The molecule has 7 nitrogen and oxygen atoms in total.